The highest BCUT2D eigenvalue weighted by Crippen LogP contribution is 2.15. The minimum Gasteiger partial charge on any atom is -0.308 e. The molecule has 0 N–H and O–H groups in total. The molecule has 3 heterocycles. The summed E-state index contributed by atoms with van der Waals surface area (Å²) >= 11 is 0. The molecule has 3 fully saturated rings. The number of hydrogen-bond donors (Lipinski definition) is 0. The van der Waals surface area contributed by atoms with Crippen molar-refractivity contribution in [2.24, 2.45) is 0 Å². The third-order valence-corrected chi connectivity index (χ3v) is 2.97. The molecule has 3 saturated heterocycles. The molecule has 0 aromatic rings. The van der Waals surface area contributed by atoms with Crippen LogP contribution in [-0.4, -0.2) is 74.1 Å². The van der Waals surface area contributed by atoms with Crippen molar-refractivity contribution >= 4 is 0 Å². The molecule has 3 nitrogen and oxygen atoms in total. The first-order valence-corrected chi connectivity index (χ1v) is 4.87. The maximum Gasteiger partial charge on any atom is 0.0351 e. The van der Waals surface area contributed by atoms with E-state index in [-0.39, 0.29) is 0 Å². The SMILES string of the molecule is CN(C)CC1CN2CCN1CC2. The third-order valence-electron chi connectivity index (χ3n) is 2.97. The molecule has 0 radical (unpaired) electrons. The Morgan fingerprint density at radius 2 is 1.83 bits per heavy atom. The standard InChI is InChI=1S/C9H19N3/c1-10(2)7-9-8-11-3-5-12(9)6-4-11/h9H,3-8H2,1-2H3. The summed E-state index contributed by atoms with van der Waals surface area (Å²) in [5.74, 6) is 0. The predicted octanol–water partition coefficient (Wildman–Crippen LogP) is -0.452. The van der Waals surface area contributed by atoms with Gasteiger partial charge in [-0.1, -0.05) is 0 Å². The van der Waals surface area contributed by atoms with Gasteiger partial charge in [0.05, 0.1) is 0 Å². The van der Waals surface area contributed by atoms with Crippen molar-refractivity contribution in [2.45, 2.75) is 6.04 Å². The summed E-state index contributed by atoms with van der Waals surface area (Å²) in [6.07, 6.45) is 0. The van der Waals surface area contributed by atoms with Crippen molar-refractivity contribution in [1.29, 1.82) is 0 Å². The van der Waals surface area contributed by atoms with Gasteiger partial charge in [-0.15, -0.1) is 0 Å². The van der Waals surface area contributed by atoms with Gasteiger partial charge in [-0.2, -0.15) is 0 Å². The van der Waals surface area contributed by atoms with E-state index in [9.17, 15) is 0 Å². The summed E-state index contributed by atoms with van der Waals surface area (Å²) in [7, 11) is 4.33. The van der Waals surface area contributed by atoms with Crippen LogP contribution in [-0.2, 0) is 0 Å². The van der Waals surface area contributed by atoms with E-state index in [4.69, 9.17) is 0 Å². The average molecular weight is 169 g/mol. The van der Waals surface area contributed by atoms with E-state index in [2.05, 4.69) is 28.8 Å². The molecule has 3 aliphatic rings. The molecule has 3 rings (SSSR count). The number of nitrogens with zero attached hydrogens (tertiary/aromatic N) is 3. The van der Waals surface area contributed by atoms with Gasteiger partial charge in [0.2, 0.25) is 0 Å². The molecule has 0 aliphatic carbocycles. The lowest BCUT2D eigenvalue weighted by molar-refractivity contribution is 0.00359. The van der Waals surface area contributed by atoms with Gasteiger partial charge >= 0.3 is 0 Å². The van der Waals surface area contributed by atoms with Crippen molar-refractivity contribution in [3.05, 3.63) is 0 Å². The van der Waals surface area contributed by atoms with Crippen LogP contribution in [0.2, 0.25) is 0 Å². The largest absolute Gasteiger partial charge is 0.308 e. The smallest absolute Gasteiger partial charge is 0.0351 e. The minimum absolute atomic E-state index is 0.794. The molecular formula is C9H19N3. The zero-order valence-electron chi connectivity index (χ0n) is 8.16. The Hall–Kier alpha value is -0.120. The highest BCUT2D eigenvalue weighted by molar-refractivity contribution is 4.88. The fraction of sp³-hybridized carbons (Fsp3) is 1.00. The fourth-order valence-corrected chi connectivity index (χ4v) is 2.32. The first-order chi connectivity index (χ1) is 5.75. The van der Waals surface area contributed by atoms with Crippen LogP contribution in [0.4, 0.5) is 0 Å². The molecule has 1 atom stereocenters. The Morgan fingerprint density at radius 1 is 1.17 bits per heavy atom. The number of likely N-dealkylation sites (N-methyl/N-ethyl adjacent to an activating group) is 1. The van der Waals surface area contributed by atoms with Crippen LogP contribution in [0.5, 0.6) is 0 Å². The molecule has 2 bridgehead atoms. The summed E-state index contributed by atoms with van der Waals surface area (Å²) in [5, 5.41) is 0. The summed E-state index contributed by atoms with van der Waals surface area (Å²) in [6.45, 7) is 7.68. The molecule has 3 aliphatic heterocycles. The summed E-state index contributed by atoms with van der Waals surface area (Å²) in [4.78, 5) is 7.53. The summed E-state index contributed by atoms with van der Waals surface area (Å²) in [5.41, 5.74) is 0. The molecule has 0 spiro atoms. The van der Waals surface area contributed by atoms with E-state index in [1.165, 1.54) is 39.3 Å². The molecule has 12 heavy (non-hydrogen) atoms. The first kappa shape index (κ1) is 8.48. The zero-order chi connectivity index (χ0) is 8.55. The second kappa shape index (κ2) is 3.32. The maximum atomic E-state index is 2.64. The zero-order valence-corrected chi connectivity index (χ0v) is 8.16. The minimum atomic E-state index is 0.794. The third kappa shape index (κ3) is 1.63. The second-order valence-electron chi connectivity index (χ2n) is 4.25. The lowest BCUT2D eigenvalue weighted by Gasteiger charge is -2.48. The molecule has 70 valence electrons. The van der Waals surface area contributed by atoms with E-state index >= 15 is 0 Å². The van der Waals surface area contributed by atoms with Crippen molar-refractivity contribution in [3.8, 4) is 0 Å². The number of hydrogen-bond acceptors (Lipinski definition) is 3. The quantitative estimate of drug-likeness (QED) is 0.554. The molecule has 0 saturated carbocycles. The van der Waals surface area contributed by atoms with Gasteiger partial charge in [0, 0.05) is 45.3 Å². The van der Waals surface area contributed by atoms with Gasteiger partial charge in [0.15, 0.2) is 0 Å². The topological polar surface area (TPSA) is 9.72 Å². The number of fused-ring (bicyclic) bond motifs is 3. The van der Waals surface area contributed by atoms with E-state index in [0.717, 1.165) is 6.04 Å². The van der Waals surface area contributed by atoms with Crippen LogP contribution in [0.25, 0.3) is 0 Å². The lowest BCUT2D eigenvalue weighted by atomic mass is 10.1. The Balaban J connectivity index is 1.91. The van der Waals surface area contributed by atoms with Crippen LogP contribution < -0.4 is 0 Å². The number of rotatable bonds is 2. The Bertz CT molecular complexity index is 148. The van der Waals surface area contributed by atoms with Crippen molar-refractivity contribution < 1.29 is 0 Å². The second-order valence-corrected chi connectivity index (χ2v) is 4.25. The van der Waals surface area contributed by atoms with Gasteiger partial charge in [-0.25, -0.2) is 0 Å². The lowest BCUT2D eigenvalue weighted by Crippen LogP contribution is -2.63. The van der Waals surface area contributed by atoms with Crippen LogP contribution in [0.1, 0.15) is 0 Å². The summed E-state index contributed by atoms with van der Waals surface area (Å²) < 4.78 is 0. The van der Waals surface area contributed by atoms with Gasteiger partial charge in [-0.3, -0.25) is 9.80 Å². The van der Waals surface area contributed by atoms with Crippen LogP contribution in [0, 0.1) is 0 Å². The maximum absolute atomic E-state index is 2.64. The normalized spacial score (nSPS) is 40.8. The van der Waals surface area contributed by atoms with Crippen LogP contribution in [0.3, 0.4) is 0 Å². The number of piperazine rings is 3. The van der Waals surface area contributed by atoms with Gasteiger partial charge < -0.3 is 4.90 Å². The molecular weight excluding hydrogens is 150 g/mol. The van der Waals surface area contributed by atoms with Gasteiger partial charge in [-0.05, 0) is 14.1 Å². The molecule has 0 aromatic heterocycles. The predicted molar refractivity (Wildman–Crippen MR) is 50.4 cm³/mol. The first-order valence-electron chi connectivity index (χ1n) is 4.87. The monoisotopic (exact) mass is 169 g/mol. The highest BCUT2D eigenvalue weighted by atomic mass is 15.4. The highest BCUT2D eigenvalue weighted by Gasteiger charge is 2.31. The fourth-order valence-electron chi connectivity index (χ4n) is 2.32. The van der Waals surface area contributed by atoms with Crippen molar-refractivity contribution in [2.75, 3.05) is 53.4 Å². The Kier molecular flexibility index (Phi) is 2.35. The van der Waals surface area contributed by atoms with Crippen molar-refractivity contribution in [3.63, 3.8) is 0 Å². The molecule has 1 unspecified atom stereocenters. The van der Waals surface area contributed by atoms with Crippen LogP contribution >= 0.6 is 0 Å². The van der Waals surface area contributed by atoms with E-state index in [1.54, 1.807) is 0 Å². The van der Waals surface area contributed by atoms with E-state index < -0.39 is 0 Å². The Labute approximate surface area is 74.9 Å². The van der Waals surface area contributed by atoms with Gasteiger partial charge in [0.1, 0.15) is 0 Å². The average Bonchev–Trinajstić information content (AvgIpc) is 2.05. The molecule has 0 aromatic carbocycles. The van der Waals surface area contributed by atoms with E-state index in [0.29, 0.717) is 0 Å². The van der Waals surface area contributed by atoms with Gasteiger partial charge in [0.25, 0.3) is 0 Å². The van der Waals surface area contributed by atoms with Crippen LogP contribution in [0.15, 0.2) is 0 Å². The molecule has 3 heteroatoms. The van der Waals surface area contributed by atoms with E-state index in [1.807, 2.05) is 0 Å². The molecule has 0 amide bonds. The Morgan fingerprint density at radius 3 is 2.25 bits per heavy atom. The van der Waals surface area contributed by atoms with Crippen molar-refractivity contribution in [1.82, 2.24) is 14.7 Å². The summed E-state index contributed by atoms with van der Waals surface area (Å²) in [6, 6.07) is 0.794.